The second-order valence-corrected chi connectivity index (χ2v) is 10.3. The zero-order chi connectivity index (χ0) is 22.2. The van der Waals surface area contributed by atoms with Crippen LogP contribution in [-0.4, -0.2) is 29.9 Å². The quantitative estimate of drug-likeness (QED) is 0.648. The van der Waals surface area contributed by atoms with Crippen LogP contribution in [0.1, 0.15) is 59.3 Å². The van der Waals surface area contributed by atoms with Crippen LogP contribution >= 0.6 is 0 Å². The van der Waals surface area contributed by atoms with E-state index in [2.05, 4.69) is 10.6 Å². The van der Waals surface area contributed by atoms with Crippen molar-refractivity contribution >= 4 is 23.5 Å². The molecular formula is C25H34N2O4. The van der Waals surface area contributed by atoms with Crippen LogP contribution in [0.25, 0.3) is 0 Å². The average Bonchev–Trinajstić information content (AvgIpc) is 2.71. The van der Waals surface area contributed by atoms with Gasteiger partial charge in [-0.2, -0.15) is 0 Å². The van der Waals surface area contributed by atoms with Crippen LogP contribution in [0.2, 0.25) is 0 Å². The molecule has 0 saturated heterocycles. The highest BCUT2D eigenvalue weighted by atomic mass is 16.5. The van der Waals surface area contributed by atoms with Gasteiger partial charge in [-0.3, -0.25) is 9.59 Å². The van der Waals surface area contributed by atoms with Gasteiger partial charge in [0.1, 0.15) is 6.04 Å². The van der Waals surface area contributed by atoms with E-state index in [1.165, 1.54) is 19.3 Å². The van der Waals surface area contributed by atoms with Gasteiger partial charge < -0.3 is 15.4 Å². The number of nitrogens with one attached hydrogen (secondary N) is 2. The van der Waals surface area contributed by atoms with Gasteiger partial charge in [-0.1, -0.05) is 32.0 Å². The molecule has 1 aromatic rings. The molecule has 4 bridgehead atoms. The molecule has 6 heteroatoms. The molecule has 2 amide bonds. The van der Waals surface area contributed by atoms with Gasteiger partial charge in [-0.25, -0.2) is 4.79 Å². The van der Waals surface area contributed by atoms with Crippen molar-refractivity contribution in [3.8, 4) is 0 Å². The second kappa shape index (κ2) is 8.64. The molecule has 0 aliphatic heterocycles. The van der Waals surface area contributed by atoms with Crippen LogP contribution < -0.4 is 10.6 Å². The Morgan fingerprint density at radius 2 is 1.48 bits per heavy atom. The maximum absolute atomic E-state index is 13.4. The fourth-order valence-corrected chi connectivity index (χ4v) is 6.25. The van der Waals surface area contributed by atoms with E-state index in [0.717, 1.165) is 19.3 Å². The summed E-state index contributed by atoms with van der Waals surface area (Å²) < 4.78 is 5.46. The lowest BCUT2D eigenvalue weighted by Crippen LogP contribution is -2.57. The number of para-hydroxylation sites is 1. The molecule has 1 aromatic carbocycles. The number of benzene rings is 1. The van der Waals surface area contributed by atoms with Gasteiger partial charge in [0.05, 0.1) is 0 Å². The molecule has 0 heterocycles. The Labute approximate surface area is 184 Å². The highest BCUT2D eigenvalue weighted by molar-refractivity contribution is 5.96. The first-order valence-corrected chi connectivity index (χ1v) is 11.6. The van der Waals surface area contributed by atoms with Crippen molar-refractivity contribution in [2.75, 3.05) is 5.32 Å². The molecule has 2 N–H and O–H groups in total. The number of rotatable bonds is 7. The van der Waals surface area contributed by atoms with Crippen molar-refractivity contribution in [1.29, 1.82) is 0 Å². The molecular weight excluding hydrogens is 392 g/mol. The van der Waals surface area contributed by atoms with Crippen LogP contribution in [0, 0.1) is 29.1 Å². The highest BCUT2D eigenvalue weighted by Crippen LogP contribution is 2.60. The van der Waals surface area contributed by atoms with Gasteiger partial charge in [0, 0.05) is 11.1 Å². The second-order valence-electron chi connectivity index (χ2n) is 10.3. The smallest absolute Gasteiger partial charge is 0.329 e. The summed E-state index contributed by atoms with van der Waals surface area (Å²) in [6, 6.07) is 8.29. The van der Waals surface area contributed by atoms with E-state index in [4.69, 9.17) is 4.74 Å². The van der Waals surface area contributed by atoms with E-state index in [1.54, 1.807) is 19.1 Å². The van der Waals surface area contributed by atoms with Crippen molar-refractivity contribution in [2.45, 2.75) is 71.4 Å². The van der Waals surface area contributed by atoms with Crippen LogP contribution in [0.4, 0.5) is 5.69 Å². The lowest BCUT2D eigenvalue weighted by Gasteiger charge is -2.55. The summed E-state index contributed by atoms with van der Waals surface area (Å²) in [5, 5.41) is 5.76. The van der Waals surface area contributed by atoms with Crippen LogP contribution in [-0.2, 0) is 19.1 Å². The van der Waals surface area contributed by atoms with Crippen molar-refractivity contribution in [1.82, 2.24) is 5.32 Å². The number of carbonyl (C=O) groups is 3. The van der Waals surface area contributed by atoms with E-state index in [1.807, 2.05) is 32.0 Å². The summed E-state index contributed by atoms with van der Waals surface area (Å²) in [6.45, 7) is 5.33. The standard InChI is InChI=1S/C25H34N2O4/c1-15(2)21(23(29)31-16(3)22(28)26-20-7-5-4-6-8-20)27-24(30)25-12-17-9-18(13-25)11-19(10-17)14-25/h4-8,15-19,21H,9-14H2,1-3H3,(H,26,28)(H,27,30)/t16-,17?,18?,19?,21-,25?/m1/s1. The van der Waals surface area contributed by atoms with E-state index in [-0.39, 0.29) is 17.2 Å². The topological polar surface area (TPSA) is 84.5 Å². The maximum Gasteiger partial charge on any atom is 0.329 e. The third kappa shape index (κ3) is 4.63. The first-order chi connectivity index (χ1) is 14.8. The molecule has 4 aliphatic rings. The number of ether oxygens (including phenoxy) is 1. The predicted octanol–water partition coefficient (Wildman–Crippen LogP) is 3.91. The maximum atomic E-state index is 13.4. The van der Waals surface area contributed by atoms with E-state index >= 15 is 0 Å². The zero-order valence-corrected chi connectivity index (χ0v) is 18.7. The lowest BCUT2D eigenvalue weighted by atomic mass is 9.49. The summed E-state index contributed by atoms with van der Waals surface area (Å²) >= 11 is 0. The fraction of sp³-hybridized carbons (Fsp3) is 0.640. The van der Waals surface area contributed by atoms with Crippen LogP contribution in [0.3, 0.4) is 0 Å². The molecule has 0 radical (unpaired) electrons. The number of hydrogen-bond donors (Lipinski definition) is 2. The van der Waals surface area contributed by atoms with E-state index in [9.17, 15) is 14.4 Å². The first-order valence-electron chi connectivity index (χ1n) is 11.6. The normalized spacial score (nSPS) is 30.5. The molecule has 4 aliphatic carbocycles. The minimum atomic E-state index is -0.953. The molecule has 168 valence electrons. The molecule has 6 nitrogen and oxygen atoms in total. The summed E-state index contributed by atoms with van der Waals surface area (Å²) in [6.07, 6.45) is 5.66. The van der Waals surface area contributed by atoms with Gasteiger partial charge in [0.2, 0.25) is 5.91 Å². The molecule has 0 spiro atoms. The zero-order valence-electron chi connectivity index (χ0n) is 18.7. The first kappa shape index (κ1) is 21.8. The Kier molecular flexibility index (Phi) is 6.09. The summed E-state index contributed by atoms with van der Waals surface area (Å²) in [4.78, 5) is 38.7. The molecule has 2 atom stereocenters. The molecule has 0 unspecified atom stereocenters. The number of carbonyl (C=O) groups excluding carboxylic acids is 3. The Balaban J connectivity index is 1.37. The van der Waals surface area contributed by atoms with Crippen molar-refractivity contribution in [3.05, 3.63) is 30.3 Å². The minimum Gasteiger partial charge on any atom is -0.451 e. The highest BCUT2D eigenvalue weighted by Gasteiger charge is 2.55. The number of hydrogen-bond acceptors (Lipinski definition) is 4. The minimum absolute atomic E-state index is 0.00337. The third-order valence-electron chi connectivity index (χ3n) is 7.43. The Morgan fingerprint density at radius 1 is 0.935 bits per heavy atom. The largest absolute Gasteiger partial charge is 0.451 e. The molecule has 0 aromatic heterocycles. The Bertz CT molecular complexity index is 800. The van der Waals surface area contributed by atoms with E-state index in [0.29, 0.717) is 23.4 Å². The summed E-state index contributed by atoms with van der Waals surface area (Å²) in [5.74, 6) is 0.895. The van der Waals surface area contributed by atoms with Gasteiger partial charge in [0.25, 0.3) is 5.91 Å². The number of anilines is 1. The number of amides is 2. The third-order valence-corrected chi connectivity index (χ3v) is 7.43. The Hall–Kier alpha value is -2.37. The van der Waals surface area contributed by atoms with Crippen molar-refractivity contribution in [3.63, 3.8) is 0 Å². The summed E-state index contributed by atoms with van der Waals surface area (Å²) in [7, 11) is 0. The van der Waals surface area contributed by atoms with Crippen LogP contribution in [0.15, 0.2) is 30.3 Å². The molecule has 5 rings (SSSR count). The molecule has 4 saturated carbocycles. The monoisotopic (exact) mass is 426 g/mol. The lowest BCUT2D eigenvalue weighted by molar-refractivity contribution is -0.160. The fourth-order valence-electron chi connectivity index (χ4n) is 6.25. The van der Waals surface area contributed by atoms with Crippen molar-refractivity contribution in [2.24, 2.45) is 29.1 Å². The van der Waals surface area contributed by atoms with E-state index < -0.39 is 24.0 Å². The van der Waals surface area contributed by atoms with Crippen molar-refractivity contribution < 1.29 is 19.1 Å². The van der Waals surface area contributed by atoms with Gasteiger partial charge >= 0.3 is 5.97 Å². The SMILES string of the molecule is CC(C)[C@@H](NC(=O)C12CC3CC(CC(C3)C1)C2)C(=O)O[C@H](C)C(=O)Nc1ccccc1. The van der Waals surface area contributed by atoms with Gasteiger partial charge in [-0.15, -0.1) is 0 Å². The Morgan fingerprint density at radius 3 is 2.00 bits per heavy atom. The van der Waals surface area contributed by atoms with Gasteiger partial charge in [0.15, 0.2) is 6.10 Å². The molecule has 31 heavy (non-hydrogen) atoms. The van der Waals surface area contributed by atoms with Gasteiger partial charge in [-0.05, 0) is 81.3 Å². The average molecular weight is 427 g/mol. The predicted molar refractivity (Wildman–Crippen MR) is 118 cm³/mol. The molecule has 4 fully saturated rings. The number of esters is 1. The van der Waals surface area contributed by atoms with Crippen LogP contribution in [0.5, 0.6) is 0 Å². The summed E-state index contributed by atoms with van der Waals surface area (Å²) in [5.41, 5.74) is 0.323.